The van der Waals surface area contributed by atoms with Crippen molar-refractivity contribution in [1.82, 2.24) is 20.2 Å². The summed E-state index contributed by atoms with van der Waals surface area (Å²) < 4.78 is 34.7. The number of hydrogen-bond donors (Lipinski definition) is 1. The van der Waals surface area contributed by atoms with Crippen molar-refractivity contribution >= 4 is 23.2 Å². The fourth-order valence-corrected chi connectivity index (χ4v) is 2.60. The molecule has 2 heterocycles. The molecule has 0 atom stereocenters. The van der Waals surface area contributed by atoms with Crippen LogP contribution in [-0.2, 0) is 11.3 Å². The van der Waals surface area contributed by atoms with Crippen LogP contribution < -0.4 is 14.8 Å². The van der Waals surface area contributed by atoms with Crippen molar-refractivity contribution in [3.63, 3.8) is 0 Å². The first-order valence-corrected chi connectivity index (χ1v) is 7.99. The molecule has 0 radical (unpaired) electrons. The van der Waals surface area contributed by atoms with Gasteiger partial charge in [-0.15, -0.1) is 19.0 Å². The second kappa shape index (κ2) is 6.47. The van der Waals surface area contributed by atoms with Crippen LogP contribution in [0.15, 0.2) is 42.5 Å². The van der Waals surface area contributed by atoms with Gasteiger partial charge in [0.1, 0.15) is 6.54 Å². The largest absolute Gasteiger partial charge is 0.586 e. The molecule has 0 unspecified atom stereocenters. The van der Waals surface area contributed by atoms with Gasteiger partial charge in [-0.25, -0.2) is 0 Å². The summed E-state index contributed by atoms with van der Waals surface area (Å²) in [6, 6.07) is 10.8. The number of aromatic nitrogens is 4. The Kier molecular flexibility index (Phi) is 4.11. The molecule has 1 aromatic heterocycles. The minimum absolute atomic E-state index is 0.109. The first-order valence-electron chi connectivity index (χ1n) is 7.61. The lowest BCUT2D eigenvalue weighted by molar-refractivity contribution is -0.286. The number of anilines is 1. The number of benzene rings is 2. The monoisotopic (exact) mass is 393 g/mol. The van der Waals surface area contributed by atoms with Crippen LogP contribution in [0.5, 0.6) is 11.5 Å². The van der Waals surface area contributed by atoms with Gasteiger partial charge in [0.25, 0.3) is 0 Å². The zero-order chi connectivity index (χ0) is 19.0. The number of carbonyl (C=O) groups excluding carboxylic acids is 1. The summed E-state index contributed by atoms with van der Waals surface area (Å²) in [6.45, 7) is -0.224. The van der Waals surface area contributed by atoms with Gasteiger partial charge in [-0.2, -0.15) is 4.80 Å². The third kappa shape index (κ3) is 3.80. The maximum absolute atomic E-state index is 13.0. The third-order valence-electron chi connectivity index (χ3n) is 3.51. The standard InChI is InChI=1S/C16H10ClF2N5O3/c17-10-3-1-2-9(6-10)15-21-23-24(22-15)8-14(25)20-11-4-5-12-13(7-11)27-16(18,19)26-12/h1-7H,8H2,(H,20,25). The normalized spacial score (nSPS) is 14.2. The Labute approximate surface area is 155 Å². The second-order valence-corrected chi connectivity index (χ2v) is 5.97. The Bertz CT molecular complexity index is 1030. The third-order valence-corrected chi connectivity index (χ3v) is 3.74. The number of amides is 1. The Hall–Kier alpha value is -3.27. The molecule has 3 aromatic rings. The molecule has 1 aliphatic heterocycles. The van der Waals surface area contributed by atoms with Crippen LogP contribution >= 0.6 is 11.6 Å². The fraction of sp³-hybridized carbons (Fsp3) is 0.125. The van der Waals surface area contributed by atoms with Crippen molar-refractivity contribution in [3.05, 3.63) is 47.5 Å². The highest BCUT2D eigenvalue weighted by molar-refractivity contribution is 6.30. The van der Waals surface area contributed by atoms with Crippen LogP contribution in [0.25, 0.3) is 11.4 Å². The van der Waals surface area contributed by atoms with E-state index in [9.17, 15) is 13.6 Å². The zero-order valence-electron chi connectivity index (χ0n) is 13.4. The van der Waals surface area contributed by atoms with Gasteiger partial charge in [0.15, 0.2) is 11.5 Å². The maximum atomic E-state index is 13.0. The first-order chi connectivity index (χ1) is 12.9. The number of alkyl halides is 2. The highest BCUT2D eigenvalue weighted by Gasteiger charge is 2.43. The lowest BCUT2D eigenvalue weighted by Crippen LogP contribution is -2.25. The van der Waals surface area contributed by atoms with E-state index in [1.807, 2.05) is 0 Å². The fourth-order valence-electron chi connectivity index (χ4n) is 2.41. The predicted molar refractivity (Wildman–Crippen MR) is 89.5 cm³/mol. The lowest BCUT2D eigenvalue weighted by atomic mass is 10.2. The van der Waals surface area contributed by atoms with E-state index < -0.39 is 12.2 Å². The smallest absolute Gasteiger partial charge is 0.395 e. The summed E-state index contributed by atoms with van der Waals surface area (Å²) >= 11 is 5.92. The van der Waals surface area contributed by atoms with Gasteiger partial charge in [0.2, 0.25) is 11.7 Å². The molecule has 0 aliphatic carbocycles. The average molecular weight is 394 g/mol. The van der Waals surface area contributed by atoms with E-state index in [0.29, 0.717) is 16.4 Å². The number of halogens is 3. The van der Waals surface area contributed by atoms with E-state index in [1.165, 1.54) is 18.2 Å². The predicted octanol–water partition coefficient (Wildman–Crippen LogP) is 2.95. The Morgan fingerprint density at radius 3 is 2.81 bits per heavy atom. The summed E-state index contributed by atoms with van der Waals surface area (Å²) in [5, 5.41) is 14.9. The molecule has 1 aliphatic rings. The lowest BCUT2D eigenvalue weighted by Gasteiger charge is -2.05. The molecule has 0 saturated heterocycles. The van der Waals surface area contributed by atoms with Crippen LogP contribution in [0, 0.1) is 0 Å². The molecule has 1 N–H and O–H groups in total. The molecule has 27 heavy (non-hydrogen) atoms. The van der Waals surface area contributed by atoms with Crippen LogP contribution in [0.4, 0.5) is 14.5 Å². The average Bonchev–Trinajstić information content (AvgIpc) is 3.17. The molecular weight excluding hydrogens is 384 g/mol. The Morgan fingerprint density at radius 1 is 1.19 bits per heavy atom. The molecular formula is C16H10ClF2N5O3. The molecule has 0 spiro atoms. The van der Waals surface area contributed by atoms with Crippen molar-refractivity contribution in [2.75, 3.05) is 5.32 Å². The summed E-state index contributed by atoms with van der Waals surface area (Å²) in [7, 11) is 0. The molecule has 0 fully saturated rings. The van der Waals surface area contributed by atoms with E-state index in [1.54, 1.807) is 24.3 Å². The van der Waals surface area contributed by atoms with Crippen molar-refractivity contribution in [1.29, 1.82) is 0 Å². The maximum Gasteiger partial charge on any atom is 0.586 e. The van der Waals surface area contributed by atoms with Gasteiger partial charge >= 0.3 is 6.29 Å². The van der Waals surface area contributed by atoms with E-state index in [-0.39, 0.29) is 23.7 Å². The second-order valence-electron chi connectivity index (χ2n) is 5.53. The summed E-state index contributed by atoms with van der Waals surface area (Å²) in [6.07, 6.45) is -3.72. The topological polar surface area (TPSA) is 91.2 Å². The summed E-state index contributed by atoms with van der Waals surface area (Å²) in [5.74, 6) is -0.437. The molecule has 138 valence electrons. The molecule has 0 bridgehead atoms. The highest BCUT2D eigenvalue weighted by atomic mass is 35.5. The Morgan fingerprint density at radius 2 is 2.00 bits per heavy atom. The van der Waals surface area contributed by atoms with Crippen molar-refractivity contribution < 1.29 is 23.0 Å². The number of nitrogens with one attached hydrogen (secondary N) is 1. The molecule has 0 saturated carbocycles. The van der Waals surface area contributed by atoms with Crippen LogP contribution in [-0.4, -0.2) is 32.4 Å². The molecule has 4 rings (SSSR count). The number of fused-ring (bicyclic) bond motifs is 1. The molecule has 11 heteroatoms. The number of nitrogens with zero attached hydrogens (tertiary/aromatic N) is 4. The van der Waals surface area contributed by atoms with E-state index >= 15 is 0 Å². The van der Waals surface area contributed by atoms with E-state index in [0.717, 1.165) is 4.80 Å². The van der Waals surface area contributed by atoms with Crippen LogP contribution in [0.2, 0.25) is 5.02 Å². The van der Waals surface area contributed by atoms with Crippen molar-refractivity contribution in [3.8, 4) is 22.9 Å². The van der Waals surface area contributed by atoms with Crippen molar-refractivity contribution in [2.45, 2.75) is 12.8 Å². The van der Waals surface area contributed by atoms with Gasteiger partial charge in [0, 0.05) is 22.3 Å². The van der Waals surface area contributed by atoms with Gasteiger partial charge in [-0.3, -0.25) is 4.79 Å². The molecule has 8 nitrogen and oxygen atoms in total. The first kappa shape index (κ1) is 17.2. The summed E-state index contributed by atoms with van der Waals surface area (Å²) in [5.41, 5.74) is 0.918. The zero-order valence-corrected chi connectivity index (χ0v) is 14.2. The van der Waals surface area contributed by atoms with Gasteiger partial charge in [-0.1, -0.05) is 23.7 Å². The Balaban J connectivity index is 1.42. The van der Waals surface area contributed by atoms with Crippen LogP contribution in [0.3, 0.4) is 0 Å². The van der Waals surface area contributed by atoms with Crippen molar-refractivity contribution in [2.24, 2.45) is 0 Å². The summed E-state index contributed by atoms with van der Waals surface area (Å²) in [4.78, 5) is 13.2. The molecule has 1 amide bonds. The number of hydrogen-bond acceptors (Lipinski definition) is 6. The van der Waals surface area contributed by atoms with Crippen LogP contribution in [0.1, 0.15) is 0 Å². The minimum Gasteiger partial charge on any atom is -0.395 e. The SMILES string of the molecule is O=C(Cn1nnc(-c2cccc(Cl)c2)n1)Nc1ccc2c(c1)OC(F)(F)O2. The van der Waals surface area contributed by atoms with Gasteiger partial charge in [0.05, 0.1) is 0 Å². The minimum atomic E-state index is -3.72. The van der Waals surface area contributed by atoms with Gasteiger partial charge < -0.3 is 14.8 Å². The number of ether oxygens (including phenoxy) is 2. The van der Waals surface area contributed by atoms with E-state index in [4.69, 9.17) is 11.6 Å². The number of rotatable bonds is 4. The quantitative estimate of drug-likeness (QED) is 0.732. The number of tetrazole rings is 1. The highest BCUT2D eigenvalue weighted by Crippen LogP contribution is 2.42. The van der Waals surface area contributed by atoms with Gasteiger partial charge in [-0.05, 0) is 29.5 Å². The number of carbonyl (C=O) groups is 1. The van der Waals surface area contributed by atoms with E-state index in [2.05, 4.69) is 30.2 Å². The molecule has 2 aromatic carbocycles.